The Kier molecular flexibility index (Phi) is 7.01. The maximum absolute atomic E-state index is 12.3. The fourth-order valence-corrected chi connectivity index (χ4v) is 2.54. The maximum atomic E-state index is 12.3. The zero-order valence-corrected chi connectivity index (χ0v) is 15.9. The summed E-state index contributed by atoms with van der Waals surface area (Å²) in [6, 6.07) is 14.7. The number of hydrogen-bond donors (Lipinski definition) is 1. The third-order valence-electron chi connectivity index (χ3n) is 3.59. The number of benzene rings is 2. The van der Waals surface area contributed by atoms with Gasteiger partial charge in [-0.2, -0.15) is 0 Å². The van der Waals surface area contributed by atoms with E-state index in [2.05, 4.69) is 21.2 Å². The van der Waals surface area contributed by atoms with Gasteiger partial charge in [0.15, 0.2) is 0 Å². The van der Waals surface area contributed by atoms with Crippen LogP contribution in [0.25, 0.3) is 0 Å². The molecule has 0 radical (unpaired) electrons. The van der Waals surface area contributed by atoms with Crippen molar-refractivity contribution in [2.45, 2.75) is 13.5 Å². The fraction of sp³-hybridized carbons (Fsp3) is 0.263. The van der Waals surface area contributed by atoms with E-state index >= 15 is 0 Å². The molecule has 0 atom stereocenters. The number of para-hydroxylation sites is 1. The molecule has 0 aromatic heterocycles. The summed E-state index contributed by atoms with van der Waals surface area (Å²) in [4.78, 5) is 26.1. The molecule has 1 N–H and O–H groups in total. The third-order valence-corrected chi connectivity index (χ3v) is 4.12. The van der Waals surface area contributed by atoms with Crippen LogP contribution in [0.2, 0.25) is 0 Å². The third kappa shape index (κ3) is 5.60. The highest BCUT2D eigenvalue weighted by Gasteiger charge is 2.15. The molecule has 2 amide bonds. The number of rotatable bonds is 7. The minimum Gasteiger partial charge on any atom is -0.493 e. The Hall–Kier alpha value is -2.34. The van der Waals surface area contributed by atoms with Gasteiger partial charge >= 0.3 is 0 Å². The molecule has 0 spiro atoms. The Bertz CT molecular complexity index is 732. The zero-order valence-electron chi connectivity index (χ0n) is 14.3. The van der Waals surface area contributed by atoms with Crippen LogP contribution in [-0.4, -0.2) is 36.9 Å². The first-order chi connectivity index (χ1) is 12.0. The number of carbonyl (C=O) groups is 2. The number of hydrogen-bond acceptors (Lipinski definition) is 3. The Balaban J connectivity index is 1.90. The van der Waals surface area contributed by atoms with Crippen LogP contribution in [0, 0.1) is 0 Å². The molecule has 5 nitrogen and oxygen atoms in total. The van der Waals surface area contributed by atoms with Crippen molar-refractivity contribution < 1.29 is 14.3 Å². The first-order valence-electron chi connectivity index (χ1n) is 7.99. The van der Waals surface area contributed by atoms with Crippen molar-refractivity contribution in [2.75, 3.05) is 20.2 Å². The van der Waals surface area contributed by atoms with Gasteiger partial charge in [0, 0.05) is 18.1 Å². The molecule has 25 heavy (non-hydrogen) atoms. The lowest BCUT2D eigenvalue weighted by Crippen LogP contribution is -2.37. The van der Waals surface area contributed by atoms with Crippen molar-refractivity contribution >= 4 is 27.7 Å². The lowest BCUT2D eigenvalue weighted by molar-refractivity contribution is -0.129. The van der Waals surface area contributed by atoms with Gasteiger partial charge < -0.3 is 15.0 Å². The van der Waals surface area contributed by atoms with Crippen LogP contribution in [0.5, 0.6) is 5.75 Å². The first-order valence-corrected chi connectivity index (χ1v) is 8.79. The summed E-state index contributed by atoms with van der Waals surface area (Å²) in [6.45, 7) is 2.75. The lowest BCUT2D eigenvalue weighted by Gasteiger charge is -2.18. The van der Waals surface area contributed by atoms with Crippen LogP contribution in [0.1, 0.15) is 22.8 Å². The molecule has 0 heterocycles. The number of amides is 2. The van der Waals surface area contributed by atoms with Gasteiger partial charge in [0.05, 0.1) is 18.7 Å². The number of halogens is 1. The van der Waals surface area contributed by atoms with Gasteiger partial charge in [0.2, 0.25) is 5.91 Å². The highest BCUT2D eigenvalue weighted by Crippen LogP contribution is 2.17. The lowest BCUT2D eigenvalue weighted by atomic mass is 10.2. The predicted molar refractivity (Wildman–Crippen MR) is 101 cm³/mol. The van der Waals surface area contributed by atoms with Crippen molar-refractivity contribution in [2.24, 2.45) is 0 Å². The van der Waals surface area contributed by atoms with Crippen LogP contribution >= 0.6 is 15.9 Å². The smallest absolute Gasteiger partial charge is 0.255 e. The number of ether oxygens (including phenoxy) is 1. The fourth-order valence-electron chi connectivity index (χ4n) is 2.27. The van der Waals surface area contributed by atoms with Gasteiger partial charge in [0.1, 0.15) is 5.75 Å². The topological polar surface area (TPSA) is 58.6 Å². The molecule has 2 rings (SSSR count). The Morgan fingerprint density at radius 1 is 1.12 bits per heavy atom. The normalized spacial score (nSPS) is 10.2. The second-order valence-electron chi connectivity index (χ2n) is 5.49. The molecule has 0 saturated carbocycles. The van der Waals surface area contributed by atoms with Crippen LogP contribution in [0.15, 0.2) is 53.0 Å². The van der Waals surface area contributed by atoms with Crippen molar-refractivity contribution in [3.63, 3.8) is 0 Å². The molecule has 0 bridgehead atoms. The molecule has 2 aromatic rings. The Morgan fingerprint density at radius 3 is 2.48 bits per heavy atom. The van der Waals surface area contributed by atoms with Gasteiger partial charge in [-0.3, -0.25) is 9.59 Å². The van der Waals surface area contributed by atoms with Crippen molar-refractivity contribution in [1.82, 2.24) is 10.2 Å². The zero-order chi connectivity index (χ0) is 18.2. The number of likely N-dealkylation sites (N-methyl/N-ethyl adjacent to an activating group) is 1. The second kappa shape index (κ2) is 9.22. The molecule has 6 heteroatoms. The summed E-state index contributed by atoms with van der Waals surface area (Å²) in [5, 5.41) is 2.66. The summed E-state index contributed by atoms with van der Waals surface area (Å²) in [5.74, 6) is 0.0257. The Morgan fingerprint density at radius 2 is 1.80 bits per heavy atom. The van der Waals surface area contributed by atoms with E-state index < -0.39 is 0 Å². The standard InChI is InChI=1S/C19H21BrN2O3/c1-3-25-17-7-5-4-6-16(17)19(24)21-12-18(23)22(2)13-14-8-10-15(20)11-9-14/h4-11H,3,12-13H2,1-2H3,(H,21,24). The molecule has 0 aliphatic rings. The molecule has 0 fully saturated rings. The average Bonchev–Trinajstić information content (AvgIpc) is 2.62. The van der Waals surface area contributed by atoms with E-state index in [0.29, 0.717) is 24.5 Å². The van der Waals surface area contributed by atoms with E-state index in [9.17, 15) is 9.59 Å². The summed E-state index contributed by atoms with van der Waals surface area (Å²) >= 11 is 3.38. The van der Waals surface area contributed by atoms with E-state index in [4.69, 9.17) is 4.74 Å². The van der Waals surface area contributed by atoms with Gasteiger partial charge in [-0.1, -0.05) is 40.2 Å². The quantitative estimate of drug-likeness (QED) is 0.770. The summed E-state index contributed by atoms with van der Waals surface area (Å²) in [7, 11) is 1.71. The summed E-state index contributed by atoms with van der Waals surface area (Å²) in [5.41, 5.74) is 1.44. The van der Waals surface area contributed by atoms with E-state index in [1.165, 1.54) is 0 Å². The minimum atomic E-state index is -0.325. The largest absolute Gasteiger partial charge is 0.493 e. The average molecular weight is 405 g/mol. The van der Waals surface area contributed by atoms with Crippen LogP contribution in [0.4, 0.5) is 0 Å². The van der Waals surface area contributed by atoms with E-state index in [-0.39, 0.29) is 18.4 Å². The monoisotopic (exact) mass is 404 g/mol. The van der Waals surface area contributed by atoms with Crippen LogP contribution in [0.3, 0.4) is 0 Å². The molecular weight excluding hydrogens is 384 g/mol. The second-order valence-corrected chi connectivity index (χ2v) is 6.40. The van der Waals surface area contributed by atoms with Gasteiger partial charge in [-0.25, -0.2) is 0 Å². The molecule has 0 aliphatic heterocycles. The first kappa shape index (κ1) is 19.0. The molecule has 0 saturated heterocycles. The summed E-state index contributed by atoms with van der Waals surface area (Å²) in [6.07, 6.45) is 0. The Labute approximate surface area is 156 Å². The van der Waals surface area contributed by atoms with Crippen LogP contribution in [-0.2, 0) is 11.3 Å². The molecule has 0 aliphatic carbocycles. The molecule has 0 unspecified atom stereocenters. The van der Waals surface area contributed by atoms with Crippen LogP contribution < -0.4 is 10.1 Å². The highest BCUT2D eigenvalue weighted by atomic mass is 79.9. The van der Waals surface area contributed by atoms with Gasteiger partial charge in [-0.05, 0) is 36.8 Å². The van der Waals surface area contributed by atoms with E-state index in [0.717, 1.165) is 10.0 Å². The van der Waals surface area contributed by atoms with E-state index in [1.807, 2.05) is 31.2 Å². The number of carbonyl (C=O) groups excluding carboxylic acids is 2. The molecular formula is C19H21BrN2O3. The molecule has 2 aromatic carbocycles. The SMILES string of the molecule is CCOc1ccccc1C(=O)NCC(=O)N(C)Cc1ccc(Br)cc1. The summed E-state index contributed by atoms with van der Waals surface area (Å²) < 4.78 is 6.43. The predicted octanol–water partition coefficient (Wildman–Crippen LogP) is 3.24. The maximum Gasteiger partial charge on any atom is 0.255 e. The van der Waals surface area contributed by atoms with Crippen molar-refractivity contribution in [3.8, 4) is 5.75 Å². The number of nitrogens with one attached hydrogen (secondary N) is 1. The van der Waals surface area contributed by atoms with Crippen molar-refractivity contribution in [3.05, 3.63) is 64.1 Å². The minimum absolute atomic E-state index is 0.0632. The van der Waals surface area contributed by atoms with Crippen molar-refractivity contribution in [1.29, 1.82) is 0 Å². The van der Waals surface area contributed by atoms with Gasteiger partial charge in [-0.15, -0.1) is 0 Å². The van der Waals surface area contributed by atoms with E-state index in [1.54, 1.807) is 36.2 Å². The van der Waals surface area contributed by atoms with Gasteiger partial charge in [0.25, 0.3) is 5.91 Å². The number of nitrogens with zero attached hydrogens (tertiary/aromatic N) is 1. The highest BCUT2D eigenvalue weighted by molar-refractivity contribution is 9.10. The molecule has 132 valence electrons.